The number of nitrogens with one attached hydrogen (secondary N) is 1. The lowest BCUT2D eigenvalue weighted by Gasteiger charge is -2.08. The van der Waals surface area contributed by atoms with Crippen molar-refractivity contribution in [2.75, 3.05) is 5.32 Å². The van der Waals surface area contributed by atoms with Crippen molar-refractivity contribution in [3.05, 3.63) is 47.8 Å². The predicted molar refractivity (Wildman–Crippen MR) is 107 cm³/mol. The maximum absolute atomic E-state index is 4.44. The van der Waals surface area contributed by atoms with Crippen molar-refractivity contribution in [2.45, 2.75) is 78.1 Å². The number of nitrogens with zero attached hydrogens (tertiary/aromatic N) is 2. The van der Waals surface area contributed by atoms with Crippen LogP contribution in [0.1, 0.15) is 76.3 Å². The Bertz CT molecular complexity index is 556. The van der Waals surface area contributed by atoms with E-state index in [1.807, 2.05) is 12.4 Å². The summed E-state index contributed by atoms with van der Waals surface area (Å²) in [5, 5.41) is 3.37. The maximum Gasteiger partial charge on any atom is 0.131 e. The molecule has 0 bridgehead atoms. The van der Waals surface area contributed by atoms with Gasteiger partial charge in [-0.15, -0.1) is 0 Å². The van der Waals surface area contributed by atoms with E-state index in [2.05, 4.69) is 53.4 Å². The van der Waals surface area contributed by atoms with Crippen molar-refractivity contribution >= 4 is 11.6 Å². The Balaban J connectivity index is 1.88. The minimum Gasteiger partial charge on any atom is -0.325 e. The molecule has 2 aromatic heterocycles. The summed E-state index contributed by atoms with van der Waals surface area (Å²) in [6.07, 6.45) is 16.4. The number of aromatic nitrogens is 2. The van der Waals surface area contributed by atoms with Crippen LogP contribution in [0, 0.1) is 0 Å². The lowest BCUT2D eigenvalue weighted by atomic mass is 10.1. The Morgan fingerprint density at radius 3 is 1.60 bits per heavy atom. The summed E-state index contributed by atoms with van der Waals surface area (Å²) in [5.74, 6) is 1.78. The van der Waals surface area contributed by atoms with E-state index in [4.69, 9.17) is 0 Å². The van der Waals surface area contributed by atoms with Gasteiger partial charge in [0.1, 0.15) is 11.6 Å². The van der Waals surface area contributed by atoms with Crippen LogP contribution in [0.25, 0.3) is 0 Å². The highest BCUT2D eigenvalue weighted by Crippen LogP contribution is 2.17. The van der Waals surface area contributed by atoms with Crippen molar-refractivity contribution < 1.29 is 0 Å². The average molecular weight is 340 g/mol. The fraction of sp³-hybridized carbons (Fsp3) is 0.545. The van der Waals surface area contributed by atoms with Gasteiger partial charge in [-0.3, -0.25) is 0 Å². The molecule has 136 valence electrons. The van der Waals surface area contributed by atoms with Crippen LogP contribution in [0.3, 0.4) is 0 Å². The molecule has 0 spiro atoms. The van der Waals surface area contributed by atoms with Crippen molar-refractivity contribution in [1.29, 1.82) is 0 Å². The molecule has 0 aliphatic heterocycles. The van der Waals surface area contributed by atoms with Crippen LogP contribution in [0.4, 0.5) is 11.6 Å². The molecule has 0 fully saturated rings. The van der Waals surface area contributed by atoms with Gasteiger partial charge in [0.05, 0.1) is 0 Å². The van der Waals surface area contributed by atoms with Crippen LogP contribution in [-0.4, -0.2) is 9.97 Å². The minimum absolute atomic E-state index is 0.892. The van der Waals surface area contributed by atoms with Gasteiger partial charge >= 0.3 is 0 Å². The molecule has 3 heteroatoms. The highest BCUT2D eigenvalue weighted by Gasteiger charge is 2.02. The van der Waals surface area contributed by atoms with Crippen molar-refractivity contribution in [3.63, 3.8) is 0 Å². The van der Waals surface area contributed by atoms with Crippen LogP contribution >= 0.6 is 0 Å². The lowest BCUT2D eigenvalue weighted by Crippen LogP contribution is -1.98. The molecule has 3 nitrogen and oxygen atoms in total. The molecule has 0 atom stereocenters. The zero-order chi connectivity index (χ0) is 17.7. The smallest absolute Gasteiger partial charge is 0.131 e. The van der Waals surface area contributed by atoms with Gasteiger partial charge < -0.3 is 5.32 Å². The van der Waals surface area contributed by atoms with Crippen LogP contribution in [0.5, 0.6) is 0 Å². The third-order valence-electron chi connectivity index (χ3n) is 4.54. The largest absolute Gasteiger partial charge is 0.325 e. The van der Waals surface area contributed by atoms with Crippen molar-refractivity contribution in [1.82, 2.24) is 9.97 Å². The fourth-order valence-corrected chi connectivity index (χ4v) is 3.04. The highest BCUT2D eigenvalue weighted by molar-refractivity contribution is 5.53. The van der Waals surface area contributed by atoms with Crippen molar-refractivity contribution in [2.24, 2.45) is 0 Å². The van der Waals surface area contributed by atoms with E-state index in [1.54, 1.807) is 0 Å². The zero-order valence-corrected chi connectivity index (χ0v) is 15.9. The molecular weight excluding hydrogens is 306 g/mol. The van der Waals surface area contributed by atoms with Gasteiger partial charge in [0.25, 0.3) is 0 Å². The molecule has 0 radical (unpaired) electrons. The Kier molecular flexibility index (Phi) is 9.03. The topological polar surface area (TPSA) is 37.8 Å². The van der Waals surface area contributed by atoms with Crippen LogP contribution in [0.2, 0.25) is 0 Å². The first-order valence-corrected chi connectivity index (χ1v) is 9.98. The Morgan fingerprint density at radius 1 is 0.680 bits per heavy atom. The quantitative estimate of drug-likeness (QED) is 0.450. The summed E-state index contributed by atoms with van der Waals surface area (Å²) in [6, 6.07) is 8.55. The van der Waals surface area contributed by atoms with E-state index < -0.39 is 0 Å². The fourth-order valence-electron chi connectivity index (χ4n) is 3.04. The van der Waals surface area contributed by atoms with Gasteiger partial charge in [0.15, 0.2) is 0 Å². The number of aryl methyl sites for hydroxylation is 2. The second kappa shape index (κ2) is 11.6. The van der Waals surface area contributed by atoms with Crippen molar-refractivity contribution in [3.8, 4) is 0 Å². The SMILES string of the molecule is CCCCCCc1ccnc(Nc2cc(CCCCCC)ccn2)c1. The standard InChI is InChI=1S/C22H33N3/c1-3-5-7-9-11-19-13-15-23-21(17-19)25-22-18-20(14-16-24-22)12-10-8-6-4-2/h13-18H,3-12H2,1-2H3,(H,23,24,25). The predicted octanol–water partition coefficient (Wildman–Crippen LogP) is 6.47. The summed E-state index contributed by atoms with van der Waals surface area (Å²) < 4.78 is 0. The summed E-state index contributed by atoms with van der Waals surface area (Å²) >= 11 is 0. The zero-order valence-electron chi connectivity index (χ0n) is 15.9. The molecule has 0 saturated heterocycles. The molecule has 2 aromatic rings. The van der Waals surface area contributed by atoms with Gasteiger partial charge in [0, 0.05) is 12.4 Å². The third-order valence-corrected chi connectivity index (χ3v) is 4.54. The van der Waals surface area contributed by atoms with E-state index in [0.29, 0.717) is 0 Å². The Hall–Kier alpha value is -1.90. The number of pyridine rings is 2. The van der Waals surface area contributed by atoms with Crippen LogP contribution in [-0.2, 0) is 12.8 Å². The number of rotatable bonds is 12. The molecule has 0 unspecified atom stereocenters. The van der Waals surface area contributed by atoms with Crippen LogP contribution in [0.15, 0.2) is 36.7 Å². The highest BCUT2D eigenvalue weighted by atomic mass is 15.0. The van der Waals surface area contributed by atoms with Crippen LogP contribution < -0.4 is 5.32 Å². The molecule has 1 N–H and O–H groups in total. The first kappa shape index (κ1) is 19.4. The molecule has 0 amide bonds. The van der Waals surface area contributed by atoms with Gasteiger partial charge in [-0.1, -0.05) is 52.4 Å². The first-order chi connectivity index (χ1) is 12.3. The molecule has 0 aliphatic carbocycles. The molecule has 2 heterocycles. The molecule has 0 aliphatic rings. The molecule has 0 aromatic carbocycles. The minimum atomic E-state index is 0.892. The van der Waals surface area contributed by atoms with E-state index in [9.17, 15) is 0 Å². The summed E-state index contributed by atoms with van der Waals surface area (Å²) in [5.41, 5.74) is 2.70. The maximum atomic E-state index is 4.44. The molecule has 0 saturated carbocycles. The lowest BCUT2D eigenvalue weighted by molar-refractivity contribution is 0.666. The van der Waals surface area contributed by atoms with Gasteiger partial charge in [-0.05, 0) is 61.1 Å². The van der Waals surface area contributed by atoms with E-state index in [-0.39, 0.29) is 0 Å². The van der Waals surface area contributed by atoms with Gasteiger partial charge in [-0.25, -0.2) is 9.97 Å². The number of anilines is 2. The van der Waals surface area contributed by atoms with E-state index in [1.165, 1.54) is 62.5 Å². The first-order valence-electron chi connectivity index (χ1n) is 9.98. The molecule has 2 rings (SSSR count). The molecule has 25 heavy (non-hydrogen) atoms. The number of hydrogen-bond donors (Lipinski definition) is 1. The van der Waals surface area contributed by atoms with E-state index in [0.717, 1.165) is 24.5 Å². The second-order valence-electron chi connectivity index (χ2n) is 6.84. The average Bonchev–Trinajstić information content (AvgIpc) is 2.63. The second-order valence-corrected chi connectivity index (χ2v) is 6.84. The monoisotopic (exact) mass is 339 g/mol. The normalized spacial score (nSPS) is 10.8. The summed E-state index contributed by atoms with van der Waals surface area (Å²) in [4.78, 5) is 8.89. The molecular formula is C22H33N3. The van der Waals surface area contributed by atoms with Gasteiger partial charge in [0.2, 0.25) is 0 Å². The van der Waals surface area contributed by atoms with Gasteiger partial charge in [-0.2, -0.15) is 0 Å². The summed E-state index contributed by atoms with van der Waals surface area (Å²) in [7, 11) is 0. The number of unbranched alkanes of at least 4 members (excludes halogenated alkanes) is 6. The number of hydrogen-bond acceptors (Lipinski definition) is 3. The summed E-state index contributed by atoms with van der Waals surface area (Å²) in [6.45, 7) is 4.50. The Morgan fingerprint density at radius 2 is 1.16 bits per heavy atom. The van der Waals surface area contributed by atoms with E-state index >= 15 is 0 Å². The third kappa shape index (κ3) is 7.68. The Labute approximate surface area is 153 Å².